The van der Waals surface area contributed by atoms with Crippen molar-refractivity contribution < 1.29 is 9.84 Å². The van der Waals surface area contributed by atoms with Gasteiger partial charge in [0.1, 0.15) is 0 Å². The molecule has 0 amide bonds. The Bertz CT molecular complexity index is 214. The van der Waals surface area contributed by atoms with Gasteiger partial charge in [-0.25, -0.2) is 0 Å². The van der Waals surface area contributed by atoms with Crippen LogP contribution in [0.2, 0.25) is 0 Å². The van der Waals surface area contributed by atoms with E-state index < -0.39 is 0 Å². The van der Waals surface area contributed by atoms with Crippen molar-refractivity contribution in [3.05, 3.63) is 0 Å². The van der Waals surface area contributed by atoms with Crippen LogP contribution in [0.15, 0.2) is 0 Å². The Hall–Kier alpha value is -0.160. The number of nitrogens with one attached hydrogen (secondary N) is 1. The number of nitrogens with zero attached hydrogens (tertiary/aromatic N) is 1. The molecule has 0 saturated carbocycles. The Morgan fingerprint density at radius 1 is 1.50 bits per heavy atom. The predicted octanol–water partition coefficient (Wildman–Crippen LogP) is 1.09. The van der Waals surface area contributed by atoms with Crippen LogP contribution < -0.4 is 5.32 Å². The molecule has 0 aliphatic carbocycles. The first kappa shape index (κ1) is 15.9. The van der Waals surface area contributed by atoms with Gasteiger partial charge in [-0.2, -0.15) is 0 Å². The van der Waals surface area contributed by atoms with Gasteiger partial charge >= 0.3 is 0 Å². The summed E-state index contributed by atoms with van der Waals surface area (Å²) in [6.07, 6.45) is 3.05. The Kier molecular flexibility index (Phi) is 7.82. The summed E-state index contributed by atoms with van der Waals surface area (Å²) < 4.78 is 5.46. The lowest BCUT2D eigenvalue weighted by molar-refractivity contribution is 0.00652. The van der Waals surface area contributed by atoms with E-state index in [9.17, 15) is 5.11 Å². The van der Waals surface area contributed by atoms with Gasteiger partial charge in [-0.1, -0.05) is 20.3 Å². The SMILES string of the molecule is CCCCOCC(O)CN1CCC(NC)C(C)C1. The highest BCUT2D eigenvalue weighted by Gasteiger charge is 2.25. The second-order valence-corrected chi connectivity index (χ2v) is 5.50. The Balaban J connectivity index is 2.14. The second kappa shape index (κ2) is 8.86. The molecule has 0 spiro atoms. The quantitative estimate of drug-likeness (QED) is 0.640. The van der Waals surface area contributed by atoms with Crippen molar-refractivity contribution in [2.24, 2.45) is 5.92 Å². The van der Waals surface area contributed by atoms with Gasteiger partial charge in [-0.15, -0.1) is 0 Å². The monoisotopic (exact) mass is 258 g/mol. The topological polar surface area (TPSA) is 44.7 Å². The fourth-order valence-corrected chi connectivity index (χ4v) is 2.64. The average molecular weight is 258 g/mol. The molecule has 0 radical (unpaired) electrons. The molecule has 4 nitrogen and oxygen atoms in total. The van der Waals surface area contributed by atoms with Crippen LogP contribution in [0.25, 0.3) is 0 Å². The maximum atomic E-state index is 9.93. The number of piperidine rings is 1. The number of rotatable bonds is 8. The van der Waals surface area contributed by atoms with E-state index in [0.717, 1.165) is 39.1 Å². The summed E-state index contributed by atoms with van der Waals surface area (Å²) in [6, 6.07) is 0.624. The van der Waals surface area contributed by atoms with E-state index in [2.05, 4.69) is 24.1 Å². The molecule has 1 fully saturated rings. The second-order valence-electron chi connectivity index (χ2n) is 5.50. The van der Waals surface area contributed by atoms with Crippen molar-refractivity contribution in [2.75, 3.05) is 39.9 Å². The molecule has 1 saturated heterocycles. The standard InChI is InChI=1S/C14H30N2O2/c1-4-5-8-18-11-13(17)10-16-7-6-14(15-3)12(2)9-16/h12-15,17H,4-11H2,1-3H3. The number of hydrogen-bond acceptors (Lipinski definition) is 4. The van der Waals surface area contributed by atoms with Gasteiger partial charge in [0.2, 0.25) is 0 Å². The molecule has 1 rings (SSSR count). The highest BCUT2D eigenvalue weighted by Crippen LogP contribution is 2.16. The number of β-amino-alcohol motifs (C(OH)–C–C–N with tert-alkyl or cyclic N) is 1. The summed E-state index contributed by atoms with van der Waals surface area (Å²) >= 11 is 0. The smallest absolute Gasteiger partial charge is 0.0900 e. The first-order chi connectivity index (χ1) is 8.67. The molecule has 3 unspecified atom stereocenters. The lowest BCUT2D eigenvalue weighted by Crippen LogP contribution is -2.49. The van der Waals surface area contributed by atoms with Crippen LogP contribution in [-0.4, -0.2) is 62.0 Å². The van der Waals surface area contributed by atoms with E-state index >= 15 is 0 Å². The van der Waals surface area contributed by atoms with Crippen molar-refractivity contribution in [3.8, 4) is 0 Å². The van der Waals surface area contributed by atoms with Gasteiger partial charge in [0, 0.05) is 25.7 Å². The molecule has 0 aromatic rings. The molecule has 4 heteroatoms. The number of aliphatic hydroxyl groups is 1. The van der Waals surface area contributed by atoms with Crippen LogP contribution in [0, 0.1) is 5.92 Å². The van der Waals surface area contributed by atoms with Crippen molar-refractivity contribution >= 4 is 0 Å². The van der Waals surface area contributed by atoms with Gasteiger partial charge in [-0.3, -0.25) is 0 Å². The maximum Gasteiger partial charge on any atom is 0.0900 e. The summed E-state index contributed by atoms with van der Waals surface area (Å²) in [4.78, 5) is 2.35. The van der Waals surface area contributed by atoms with E-state index in [0.29, 0.717) is 18.6 Å². The van der Waals surface area contributed by atoms with Crippen molar-refractivity contribution in [3.63, 3.8) is 0 Å². The Labute approximate surface area is 112 Å². The van der Waals surface area contributed by atoms with Gasteiger partial charge in [0.25, 0.3) is 0 Å². The number of unbranched alkanes of at least 4 members (excludes halogenated alkanes) is 1. The highest BCUT2D eigenvalue weighted by molar-refractivity contribution is 4.82. The van der Waals surface area contributed by atoms with Crippen LogP contribution >= 0.6 is 0 Å². The molecule has 0 aromatic carbocycles. The van der Waals surface area contributed by atoms with Crippen molar-refractivity contribution in [1.82, 2.24) is 10.2 Å². The first-order valence-corrected chi connectivity index (χ1v) is 7.32. The average Bonchev–Trinajstić information content (AvgIpc) is 2.35. The summed E-state index contributed by atoms with van der Waals surface area (Å²) in [6.45, 7) is 8.54. The molecule has 18 heavy (non-hydrogen) atoms. The lowest BCUT2D eigenvalue weighted by atomic mass is 9.94. The van der Waals surface area contributed by atoms with E-state index in [-0.39, 0.29) is 6.10 Å². The molecular formula is C14H30N2O2. The van der Waals surface area contributed by atoms with Gasteiger partial charge in [0.15, 0.2) is 0 Å². The predicted molar refractivity (Wildman–Crippen MR) is 74.8 cm³/mol. The molecular weight excluding hydrogens is 228 g/mol. The molecule has 0 aromatic heterocycles. The molecule has 1 aliphatic heterocycles. The Morgan fingerprint density at radius 2 is 2.28 bits per heavy atom. The minimum atomic E-state index is -0.347. The Morgan fingerprint density at radius 3 is 2.89 bits per heavy atom. The summed E-state index contributed by atoms with van der Waals surface area (Å²) in [5.74, 6) is 0.650. The lowest BCUT2D eigenvalue weighted by Gasteiger charge is -2.37. The van der Waals surface area contributed by atoms with Crippen LogP contribution in [0.1, 0.15) is 33.1 Å². The molecule has 2 N–H and O–H groups in total. The highest BCUT2D eigenvalue weighted by atomic mass is 16.5. The molecule has 3 atom stereocenters. The van der Waals surface area contributed by atoms with E-state index in [1.54, 1.807) is 0 Å². The van der Waals surface area contributed by atoms with E-state index in [1.165, 1.54) is 6.42 Å². The molecule has 108 valence electrons. The number of likely N-dealkylation sites (tertiary alicyclic amines) is 1. The summed E-state index contributed by atoms with van der Waals surface area (Å²) in [5.41, 5.74) is 0. The first-order valence-electron chi connectivity index (χ1n) is 7.32. The van der Waals surface area contributed by atoms with Gasteiger partial charge < -0.3 is 20.1 Å². The summed E-state index contributed by atoms with van der Waals surface area (Å²) in [7, 11) is 2.03. The molecule has 1 aliphatic rings. The van der Waals surface area contributed by atoms with E-state index in [1.807, 2.05) is 7.05 Å². The molecule has 0 bridgehead atoms. The fraction of sp³-hybridized carbons (Fsp3) is 1.00. The number of aliphatic hydroxyl groups excluding tert-OH is 1. The minimum absolute atomic E-state index is 0.347. The minimum Gasteiger partial charge on any atom is -0.389 e. The number of ether oxygens (including phenoxy) is 1. The van der Waals surface area contributed by atoms with Gasteiger partial charge in [0.05, 0.1) is 12.7 Å². The van der Waals surface area contributed by atoms with Crippen LogP contribution in [-0.2, 0) is 4.74 Å². The van der Waals surface area contributed by atoms with Crippen LogP contribution in [0.5, 0.6) is 0 Å². The normalized spacial score (nSPS) is 27.3. The summed E-state index contributed by atoms with van der Waals surface area (Å²) in [5, 5.41) is 13.3. The fourth-order valence-electron chi connectivity index (χ4n) is 2.64. The maximum absolute atomic E-state index is 9.93. The zero-order valence-corrected chi connectivity index (χ0v) is 12.2. The zero-order chi connectivity index (χ0) is 13.4. The molecule has 1 heterocycles. The zero-order valence-electron chi connectivity index (χ0n) is 12.2. The van der Waals surface area contributed by atoms with Crippen molar-refractivity contribution in [1.29, 1.82) is 0 Å². The van der Waals surface area contributed by atoms with Crippen LogP contribution in [0.4, 0.5) is 0 Å². The third-order valence-electron chi connectivity index (χ3n) is 3.78. The largest absolute Gasteiger partial charge is 0.389 e. The third-order valence-corrected chi connectivity index (χ3v) is 3.78. The third kappa shape index (κ3) is 5.65. The van der Waals surface area contributed by atoms with Gasteiger partial charge in [-0.05, 0) is 32.4 Å². The van der Waals surface area contributed by atoms with E-state index in [4.69, 9.17) is 4.74 Å². The van der Waals surface area contributed by atoms with Crippen molar-refractivity contribution in [2.45, 2.75) is 45.3 Å². The van der Waals surface area contributed by atoms with Crippen LogP contribution in [0.3, 0.4) is 0 Å². The number of hydrogen-bond donors (Lipinski definition) is 2.